The molecule has 3 aromatic carbocycles. The molecule has 4 rings (SSSR count). The summed E-state index contributed by atoms with van der Waals surface area (Å²) in [4.78, 5) is 0. The molecule has 0 aliphatic heterocycles. The molecule has 0 saturated carbocycles. The van der Waals surface area contributed by atoms with Gasteiger partial charge in [0.25, 0.3) is 0 Å². The zero-order valence-corrected chi connectivity index (χ0v) is 20.7. The van der Waals surface area contributed by atoms with Crippen molar-refractivity contribution >= 4 is 5.43 Å². The molecule has 0 amide bonds. The Morgan fingerprint density at radius 1 is 0.885 bits per heavy atom. The summed E-state index contributed by atoms with van der Waals surface area (Å²) in [5.41, 5.74) is 8.44. The molecule has 26 heavy (non-hydrogen) atoms. The number of rotatable bonds is 0. The van der Waals surface area contributed by atoms with Crippen LogP contribution in [0, 0.1) is 19.9 Å². The van der Waals surface area contributed by atoms with Crippen molar-refractivity contribution in [1.29, 1.82) is 0 Å². The number of aryl methyl sites for hydroxylation is 2. The third-order valence-corrected chi connectivity index (χ3v) is 3.68. The third kappa shape index (κ3) is 8.01. The molecule has 0 unspecified atom stereocenters. The molecule has 1 aliphatic rings. The quantitative estimate of drug-likeness (QED) is 0.244. The van der Waals surface area contributed by atoms with Gasteiger partial charge in [-0.15, -0.1) is 5.56 Å². The first-order valence-electron chi connectivity index (χ1n) is 8.27. The average Bonchev–Trinajstić information content (AvgIpc) is 3.10. The van der Waals surface area contributed by atoms with E-state index in [1.807, 2.05) is 6.07 Å². The summed E-state index contributed by atoms with van der Waals surface area (Å²) in [6.45, 7) is 8.83. The second-order valence-corrected chi connectivity index (χ2v) is 15.7. The average molecular weight is 479 g/mol. The monoisotopic (exact) mass is 476 g/mol. The van der Waals surface area contributed by atoms with Gasteiger partial charge in [-0.3, -0.25) is 0 Å². The van der Waals surface area contributed by atoms with Gasteiger partial charge in [-0.05, 0) is 6.42 Å². The fourth-order valence-electron chi connectivity index (χ4n) is 2.72. The summed E-state index contributed by atoms with van der Waals surface area (Å²) in [5.74, 6) is 0. The van der Waals surface area contributed by atoms with E-state index in [2.05, 4.69) is 87.6 Å². The van der Waals surface area contributed by atoms with E-state index in [0.29, 0.717) is 0 Å². The predicted octanol–water partition coefficient (Wildman–Crippen LogP) is -0.127. The summed E-state index contributed by atoms with van der Waals surface area (Å²) in [7, 11) is 0. The second-order valence-electron chi connectivity index (χ2n) is 6.36. The molecule has 0 fully saturated rings. The van der Waals surface area contributed by atoms with Gasteiger partial charge in [-0.2, -0.15) is 47.0 Å². The largest absolute Gasteiger partial charge is 1.00 e. The van der Waals surface area contributed by atoms with Crippen LogP contribution in [0.25, 0.3) is 11.1 Å². The molecule has 0 atom stereocenters. The fourth-order valence-corrected chi connectivity index (χ4v) is 2.72. The van der Waals surface area contributed by atoms with Crippen LogP contribution in [0.3, 0.4) is 0 Å². The molecule has 0 aromatic heterocycles. The molecule has 0 radical (unpaired) electrons. The van der Waals surface area contributed by atoms with Crippen molar-refractivity contribution in [3.63, 3.8) is 0 Å². The molecule has 0 heterocycles. The first-order chi connectivity index (χ1) is 11.5. The van der Waals surface area contributed by atoms with Crippen molar-refractivity contribution in [2.24, 2.45) is 0 Å². The summed E-state index contributed by atoms with van der Waals surface area (Å²) < 4.78 is 0. The number of halogens is 2. The Morgan fingerprint density at radius 2 is 1.42 bits per heavy atom. The normalized spacial score (nSPS) is 9.77. The van der Waals surface area contributed by atoms with Crippen LogP contribution >= 0.6 is 0 Å². The first-order valence-corrected chi connectivity index (χ1v) is 14.5. The number of benzene rings is 2. The van der Waals surface area contributed by atoms with Crippen LogP contribution in [0.4, 0.5) is 0 Å². The van der Waals surface area contributed by atoms with Crippen molar-refractivity contribution in [3.05, 3.63) is 89.0 Å². The van der Waals surface area contributed by atoms with Gasteiger partial charge in [-0.1, -0.05) is 49.2 Å². The van der Waals surface area contributed by atoms with Crippen LogP contribution in [-0.4, -0.2) is 5.43 Å². The Kier molecular flexibility index (Phi) is 12.5. The van der Waals surface area contributed by atoms with Gasteiger partial charge in [0.1, 0.15) is 0 Å². The van der Waals surface area contributed by atoms with Crippen molar-refractivity contribution in [1.82, 2.24) is 0 Å². The summed E-state index contributed by atoms with van der Waals surface area (Å²) >= 11 is 1.74. The molecule has 0 N–H and O–H groups in total. The second kappa shape index (κ2) is 12.8. The summed E-state index contributed by atoms with van der Waals surface area (Å²) in [5, 5.41) is 0. The molecular weight excluding hydrogens is 454 g/mol. The third-order valence-electron chi connectivity index (χ3n) is 3.68. The Balaban J connectivity index is 0.000000415. The van der Waals surface area contributed by atoms with E-state index >= 15 is 0 Å². The SMILES string of the molecule is C[Si](C)=[Zr+2].Cc1ccc(C)[cH-]1.[Cl-].[Cl-].[c-]1cccc2c1Cc1ccccc1-2. The zero-order valence-electron chi connectivity index (χ0n) is 15.7. The van der Waals surface area contributed by atoms with Gasteiger partial charge >= 0.3 is 41.9 Å². The molecule has 0 bridgehead atoms. The Bertz CT molecular complexity index is 760. The molecule has 0 saturated heterocycles. The van der Waals surface area contributed by atoms with E-state index in [1.54, 1.807) is 23.3 Å². The van der Waals surface area contributed by atoms with Crippen LogP contribution in [0.2, 0.25) is 13.1 Å². The minimum absolute atomic E-state index is 0. The van der Waals surface area contributed by atoms with Gasteiger partial charge in [0, 0.05) is 0 Å². The van der Waals surface area contributed by atoms with E-state index in [1.165, 1.54) is 33.4 Å². The van der Waals surface area contributed by atoms with Crippen molar-refractivity contribution in [3.8, 4) is 11.1 Å². The van der Waals surface area contributed by atoms with E-state index < -0.39 is 0 Å². The zero-order chi connectivity index (χ0) is 17.5. The summed E-state index contributed by atoms with van der Waals surface area (Å²) in [6, 6.07) is 24.5. The molecule has 0 nitrogen and oxygen atoms in total. The summed E-state index contributed by atoms with van der Waals surface area (Å²) in [6.07, 6.45) is 1.05. The van der Waals surface area contributed by atoms with Crippen LogP contribution in [-0.2, 0) is 29.8 Å². The van der Waals surface area contributed by atoms with Crippen molar-refractivity contribution in [2.45, 2.75) is 33.4 Å². The maximum atomic E-state index is 3.30. The van der Waals surface area contributed by atoms with Gasteiger partial charge < -0.3 is 24.8 Å². The molecular formula is C22H24Cl2SiZr-2. The standard InChI is InChI=1S/C13H9.C7H9.C2H6Si.2ClH.Zr/c1-3-7-12-10(5-1)9-11-6-2-4-8-13(11)12;1-6-3-4-7(2)5-6;1-3-2;;;/h1-5,7-8H,9H2;3-5H,1-2H3;1-2H3;2*1H;/q2*-1;;;;+2/p-2. The molecule has 136 valence electrons. The molecule has 1 aliphatic carbocycles. The number of hydrogen-bond acceptors (Lipinski definition) is 0. The van der Waals surface area contributed by atoms with Gasteiger partial charge in [0.05, 0.1) is 0 Å². The molecule has 0 spiro atoms. The van der Waals surface area contributed by atoms with E-state index in [-0.39, 0.29) is 30.2 Å². The smallest absolute Gasteiger partial charge is 0.0253 e. The fraction of sp³-hybridized carbons (Fsp3) is 0.227. The van der Waals surface area contributed by atoms with E-state index in [0.717, 1.165) is 6.42 Å². The maximum absolute atomic E-state index is 3.30. The van der Waals surface area contributed by atoms with Crippen LogP contribution in [0.5, 0.6) is 0 Å². The number of fused-ring (bicyclic) bond motifs is 3. The minimum Gasteiger partial charge on any atom is -1.00 e. The Morgan fingerprint density at radius 3 is 1.96 bits per heavy atom. The first kappa shape index (κ1) is 25.5. The van der Waals surface area contributed by atoms with Crippen LogP contribution < -0.4 is 24.8 Å². The predicted molar refractivity (Wildman–Crippen MR) is 103 cm³/mol. The Labute approximate surface area is 186 Å². The van der Waals surface area contributed by atoms with Gasteiger partial charge in [0.15, 0.2) is 0 Å². The molecule has 4 heteroatoms. The number of hydrogen-bond donors (Lipinski definition) is 0. The van der Waals surface area contributed by atoms with Crippen molar-refractivity contribution < 1.29 is 48.1 Å². The van der Waals surface area contributed by atoms with Crippen molar-refractivity contribution in [2.75, 3.05) is 0 Å². The molecule has 3 aromatic rings. The maximum Gasteiger partial charge on any atom is -0.0253 e. The van der Waals surface area contributed by atoms with E-state index in [9.17, 15) is 0 Å². The van der Waals surface area contributed by atoms with Crippen LogP contribution in [0.1, 0.15) is 22.3 Å². The van der Waals surface area contributed by atoms with Crippen LogP contribution in [0.15, 0.2) is 60.7 Å². The minimum atomic E-state index is 0. The Hall–Kier alpha value is -0.530. The van der Waals surface area contributed by atoms with Gasteiger partial charge in [0.2, 0.25) is 0 Å². The van der Waals surface area contributed by atoms with Gasteiger partial charge in [-0.25, -0.2) is 12.1 Å². The van der Waals surface area contributed by atoms with E-state index in [4.69, 9.17) is 0 Å². The topological polar surface area (TPSA) is 0 Å².